The predicted molar refractivity (Wildman–Crippen MR) is 101 cm³/mol. The number of amides is 1. The van der Waals surface area contributed by atoms with E-state index in [1.165, 1.54) is 24.0 Å². The third-order valence-corrected chi connectivity index (χ3v) is 5.33. The van der Waals surface area contributed by atoms with Gasteiger partial charge >= 0.3 is 5.97 Å². The maximum Gasteiger partial charge on any atom is 0.357 e. The van der Waals surface area contributed by atoms with Crippen molar-refractivity contribution in [1.29, 1.82) is 0 Å². The van der Waals surface area contributed by atoms with Crippen LogP contribution in [0.1, 0.15) is 65.0 Å². The van der Waals surface area contributed by atoms with Crippen molar-refractivity contribution in [3.05, 3.63) is 51.5 Å². The van der Waals surface area contributed by atoms with Crippen LogP contribution in [0.4, 0.5) is 0 Å². The average molecular weight is 372 g/mol. The highest BCUT2D eigenvalue weighted by atomic mass is 32.1. The largest absolute Gasteiger partial charge is 0.464 e. The molecular formula is C20H24N2O3S. The zero-order valence-electron chi connectivity index (χ0n) is 15.6. The number of aromatic nitrogens is 1. The average Bonchev–Trinajstić information content (AvgIpc) is 3.35. The van der Waals surface area contributed by atoms with Crippen LogP contribution in [-0.2, 0) is 16.7 Å². The van der Waals surface area contributed by atoms with Crippen molar-refractivity contribution in [2.75, 3.05) is 7.11 Å². The van der Waals surface area contributed by atoms with Crippen LogP contribution in [-0.4, -0.2) is 34.9 Å². The monoisotopic (exact) mass is 372 g/mol. The second-order valence-corrected chi connectivity index (χ2v) is 8.55. The van der Waals surface area contributed by atoms with E-state index in [0.29, 0.717) is 17.8 Å². The van der Waals surface area contributed by atoms with Crippen LogP contribution in [0.5, 0.6) is 0 Å². The molecule has 138 valence electrons. The number of ether oxygens (including phenoxy) is 1. The predicted octanol–water partition coefficient (Wildman–Crippen LogP) is 4.03. The number of rotatable bonds is 5. The summed E-state index contributed by atoms with van der Waals surface area (Å²) in [6.45, 7) is 6.89. The van der Waals surface area contributed by atoms with Crippen molar-refractivity contribution in [3.63, 3.8) is 0 Å². The van der Waals surface area contributed by atoms with Crippen LogP contribution in [0.25, 0.3) is 0 Å². The first kappa shape index (κ1) is 18.6. The summed E-state index contributed by atoms with van der Waals surface area (Å²) in [6, 6.07) is 8.11. The topological polar surface area (TPSA) is 59.5 Å². The van der Waals surface area contributed by atoms with Gasteiger partial charge < -0.3 is 9.64 Å². The van der Waals surface area contributed by atoms with Crippen molar-refractivity contribution in [2.24, 2.45) is 0 Å². The summed E-state index contributed by atoms with van der Waals surface area (Å²) in [5, 5.41) is 2.42. The molecule has 0 unspecified atom stereocenters. The number of thiazole rings is 1. The summed E-state index contributed by atoms with van der Waals surface area (Å²) in [7, 11) is 1.34. The minimum absolute atomic E-state index is 0.0165. The molecule has 1 aromatic heterocycles. The summed E-state index contributed by atoms with van der Waals surface area (Å²) < 4.78 is 4.69. The lowest BCUT2D eigenvalue weighted by Crippen LogP contribution is -2.32. The van der Waals surface area contributed by atoms with Gasteiger partial charge in [-0.25, -0.2) is 9.78 Å². The van der Waals surface area contributed by atoms with Gasteiger partial charge in [0.15, 0.2) is 5.69 Å². The second-order valence-electron chi connectivity index (χ2n) is 7.61. The van der Waals surface area contributed by atoms with Crippen LogP contribution >= 0.6 is 11.3 Å². The van der Waals surface area contributed by atoms with E-state index >= 15 is 0 Å². The van der Waals surface area contributed by atoms with Gasteiger partial charge in [-0.3, -0.25) is 4.79 Å². The van der Waals surface area contributed by atoms with Gasteiger partial charge in [-0.05, 0) is 36.0 Å². The lowest BCUT2D eigenvalue weighted by Gasteiger charge is -2.23. The van der Waals surface area contributed by atoms with Crippen LogP contribution in [0.15, 0.2) is 29.6 Å². The molecule has 1 aliphatic carbocycles. The number of hydrogen-bond donors (Lipinski definition) is 0. The maximum absolute atomic E-state index is 13.0. The fraction of sp³-hybridized carbons (Fsp3) is 0.450. The molecule has 2 aromatic rings. The number of nitrogens with zero attached hydrogens (tertiary/aromatic N) is 2. The Morgan fingerprint density at radius 2 is 1.88 bits per heavy atom. The summed E-state index contributed by atoms with van der Waals surface area (Å²) in [5.74, 6) is -0.433. The van der Waals surface area contributed by atoms with Crippen LogP contribution in [0.2, 0.25) is 0 Å². The zero-order chi connectivity index (χ0) is 18.9. The highest BCUT2D eigenvalue weighted by molar-refractivity contribution is 7.09. The minimum atomic E-state index is -0.449. The highest BCUT2D eigenvalue weighted by Crippen LogP contribution is 2.31. The third-order valence-electron chi connectivity index (χ3n) is 4.50. The van der Waals surface area contributed by atoms with E-state index in [1.54, 1.807) is 5.38 Å². The maximum atomic E-state index is 13.0. The zero-order valence-corrected chi connectivity index (χ0v) is 16.4. The molecule has 1 saturated carbocycles. The minimum Gasteiger partial charge on any atom is -0.464 e. The smallest absolute Gasteiger partial charge is 0.357 e. The van der Waals surface area contributed by atoms with Crippen molar-refractivity contribution in [3.8, 4) is 0 Å². The van der Waals surface area contributed by atoms with E-state index in [-0.39, 0.29) is 17.4 Å². The van der Waals surface area contributed by atoms with Crippen molar-refractivity contribution in [2.45, 2.75) is 51.6 Å². The second kappa shape index (κ2) is 7.19. The number of carbonyl (C=O) groups excluding carboxylic acids is 2. The highest BCUT2D eigenvalue weighted by Gasteiger charge is 2.34. The first-order valence-electron chi connectivity index (χ1n) is 8.74. The van der Waals surface area contributed by atoms with Gasteiger partial charge in [-0.1, -0.05) is 32.9 Å². The molecule has 1 amide bonds. The fourth-order valence-corrected chi connectivity index (χ4v) is 3.52. The summed E-state index contributed by atoms with van der Waals surface area (Å²) in [5.41, 5.74) is 2.25. The molecule has 0 N–H and O–H groups in total. The molecule has 0 aliphatic heterocycles. The van der Waals surface area contributed by atoms with Gasteiger partial charge in [-0.15, -0.1) is 11.3 Å². The molecule has 0 saturated heterocycles. The molecule has 0 atom stereocenters. The van der Waals surface area contributed by atoms with Gasteiger partial charge in [-0.2, -0.15) is 0 Å². The standard InChI is InChI=1S/C20H24N2O3S/c1-20(2,3)14-7-5-13(6-8-14)18(23)22(15-9-10-15)11-17-21-16(12-26-17)19(24)25-4/h5-8,12,15H,9-11H2,1-4H3. The van der Waals surface area contributed by atoms with Crippen molar-refractivity contribution < 1.29 is 14.3 Å². The van der Waals surface area contributed by atoms with E-state index in [0.717, 1.165) is 17.8 Å². The Bertz CT molecular complexity index is 801. The van der Waals surface area contributed by atoms with Gasteiger partial charge in [0.1, 0.15) is 5.01 Å². The summed E-state index contributed by atoms with van der Waals surface area (Å²) in [4.78, 5) is 30.7. The molecule has 3 rings (SSSR count). The Kier molecular flexibility index (Phi) is 5.14. The molecule has 1 heterocycles. The fourth-order valence-electron chi connectivity index (χ4n) is 2.76. The van der Waals surface area contributed by atoms with E-state index < -0.39 is 5.97 Å². The normalized spacial score (nSPS) is 14.2. The molecule has 26 heavy (non-hydrogen) atoms. The molecule has 1 aliphatic rings. The first-order valence-corrected chi connectivity index (χ1v) is 9.62. The Balaban J connectivity index is 1.76. The Labute approximate surface area is 158 Å². The van der Waals surface area contributed by atoms with Gasteiger partial charge in [0, 0.05) is 17.0 Å². The lowest BCUT2D eigenvalue weighted by molar-refractivity contribution is 0.0594. The Morgan fingerprint density at radius 3 is 2.42 bits per heavy atom. The quantitative estimate of drug-likeness (QED) is 0.744. The van der Waals surface area contributed by atoms with Crippen molar-refractivity contribution >= 4 is 23.2 Å². The van der Waals surface area contributed by atoms with E-state index in [4.69, 9.17) is 4.74 Å². The molecule has 5 nitrogen and oxygen atoms in total. The van der Waals surface area contributed by atoms with Crippen LogP contribution < -0.4 is 0 Å². The molecule has 6 heteroatoms. The number of hydrogen-bond acceptors (Lipinski definition) is 5. The molecular weight excluding hydrogens is 348 g/mol. The molecule has 0 spiro atoms. The van der Waals surface area contributed by atoms with E-state index in [2.05, 4.69) is 25.8 Å². The lowest BCUT2D eigenvalue weighted by atomic mass is 9.86. The first-order chi connectivity index (χ1) is 12.3. The number of carbonyl (C=O) groups is 2. The molecule has 0 radical (unpaired) electrons. The summed E-state index contributed by atoms with van der Waals surface area (Å²) in [6.07, 6.45) is 2.03. The van der Waals surface area contributed by atoms with Crippen molar-refractivity contribution in [1.82, 2.24) is 9.88 Å². The van der Waals surface area contributed by atoms with Crippen LogP contribution in [0, 0.1) is 0 Å². The Morgan fingerprint density at radius 1 is 1.23 bits per heavy atom. The third kappa shape index (κ3) is 4.12. The van der Waals surface area contributed by atoms with Crippen LogP contribution in [0.3, 0.4) is 0 Å². The van der Waals surface area contributed by atoms with Gasteiger partial charge in [0.2, 0.25) is 0 Å². The molecule has 0 bridgehead atoms. The SMILES string of the molecule is COC(=O)c1csc(CN(C(=O)c2ccc(C(C)(C)C)cc2)C2CC2)n1. The van der Waals surface area contributed by atoms with Gasteiger partial charge in [0.25, 0.3) is 5.91 Å². The van der Waals surface area contributed by atoms with E-state index in [1.807, 2.05) is 29.2 Å². The molecule has 1 aromatic carbocycles. The molecule has 1 fully saturated rings. The summed E-state index contributed by atoms with van der Waals surface area (Å²) >= 11 is 1.38. The Hall–Kier alpha value is -2.21. The number of benzene rings is 1. The van der Waals surface area contributed by atoms with Gasteiger partial charge in [0.05, 0.1) is 13.7 Å². The van der Waals surface area contributed by atoms with E-state index in [9.17, 15) is 9.59 Å². The number of esters is 1. The number of methoxy groups -OCH3 is 1.